The Balaban J connectivity index is 2.64. The molecule has 0 aliphatic rings. The van der Waals surface area contributed by atoms with E-state index in [9.17, 15) is 9.59 Å². The van der Waals surface area contributed by atoms with E-state index in [-0.39, 0.29) is 5.91 Å². The highest BCUT2D eigenvalue weighted by Gasteiger charge is 2.25. The van der Waals surface area contributed by atoms with Gasteiger partial charge in [0.05, 0.1) is 0 Å². The fourth-order valence-electron chi connectivity index (χ4n) is 1.52. The van der Waals surface area contributed by atoms with Crippen LogP contribution in [0.1, 0.15) is 48.0 Å². The summed E-state index contributed by atoms with van der Waals surface area (Å²) < 4.78 is 5.18. The SMILES string of the molecule is CCC(C)(C)C(=O)Nc1ccc(NC(=O)OC(C)(C)C)cc1. The average molecular weight is 306 g/mol. The van der Waals surface area contributed by atoms with Gasteiger partial charge in [-0.3, -0.25) is 10.1 Å². The summed E-state index contributed by atoms with van der Waals surface area (Å²) in [5.41, 5.74) is 0.361. The second-order valence-corrected chi connectivity index (χ2v) is 6.90. The lowest BCUT2D eigenvalue weighted by Gasteiger charge is -2.21. The Morgan fingerprint density at radius 3 is 1.82 bits per heavy atom. The summed E-state index contributed by atoms with van der Waals surface area (Å²) in [4.78, 5) is 23.7. The molecule has 122 valence electrons. The number of anilines is 2. The van der Waals surface area contributed by atoms with Crippen LogP contribution in [0.25, 0.3) is 0 Å². The first-order valence-corrected chi connectivity index (χ1v) is 7.45. The Labute approximate surface area is 132 Å². The number of hydrogen-bond acceptors (Lipinski definition) is 3. The van der Waals surface area contributed by atoms with Gasteiger partial charge in [-0.1, -0.05) is 20.8 Å². The van der Waals surface area contributed by atoms with Gasteiger partial charge in [0, 0.05) is 16.8 Å². The van der Waals surface area contributed by atoms with Crippen molar-refractivity contribution < 1.29 is 14.3 Å². The number of hydrogen-bond donors (Lipinski definition) is 2. The molecule has 0 aliphatic carbocycles. The third-order valence-electron chi connectivity index (χ3n) is 3.29. The first-order chi connectivity index (χ1) is 10.0. The van der Waals surface area contributed by atoms with E-state index in [2.05, 4.69) is 10.6 Å². The number of carbonyl (C=O) groups is 2. The molecule has 22 heavy (non-hydrogen) atoms. The van der Waals surface area contributed by atoms with Crippen LogP contribution in [-0.4, -0.2) is 17.6 Å². The molecule has 0 saturated carbocycles. The van der Waals surface area contributed by atoms with Gasteiger partial charge in [-0.25, -0.2) is 4.79 Å². The van der Waals surface area contributed by atoms with Gasteiger partial charge in [0.2, 0.25) is 5.91 Å². The molecule has 0 unspecified atom stereocenters. The summed E-state index contributed by atoms with van der Waals surface area (Å²) >= 11 is 0. The first kappa shape index (κ1) is 18.0. The number of carbonyl (C=O) groups excluding carboxylic acids is 2. The van der Waals surface area contributed by atoms with Gasteiger partial charge < -0.3 is 10.1 Å². The van der Waals surface area contributed by atoms with Crippen molar-refractivity contribution in [2.45, 2.75) is 53.6 Å². The maximum Gasteiger partial charge on any atom is 0.412 e. The van der Waals surface area contributed by atoms with E-state index >= 15 is 0 Å². The average Bonchev–Trinajstić information content (AvgIpc) is 2.38. The molecule has 0 saturated heterocycles. The largest absolute Gasteiger partial charge is 0.444 e. The van der Waals surface area contributed by atoms with E-state index in [1.165, 1.54) is 0 Å². The molecule has 0 aromatic heterocycles. The fraction of sp³-hybridized carbons (Fsp3) is 0.529. The molecular weight excluding hydrogens is 280 g/mol. The second-order valence-electron chi connectivity index (χ2n) is 6.90. The molecule has 2 amide bonds. The van der Waals surface area contributed by atoms with Gasteiger partial charge in [-0.15, -0.1) is 0 Å². The standard InChI is InChI=1S/C17H26N2O3/c1-7-17(5,6)14(20)18-12-8-10-13(11-9-12)19-15(21)22-16(2,3)4/h8-11H,7H2,1-6H3,(H,18,20)(H,19,21). The third kappa shape index (κ3) is 5.76. The maximum atomic E-state index is 12.1. The Kier molecular flexibility index (Phi) is 5.58. The Bertz CT molecular complexity index is 528. The molecule has 5 nitrogen and oxygen atoms in total. The van der Waals surface area contributed by atoms with Crippen LogP contribution in [0.3, 0.4) is 0 Å². The number of rotatable bonds is 4. The summed E-state index contributed by atoms with van der Waals surface area (Å²) in [6, 6.07) is 6.93. The lowest BCUT2D eigenvalue weighted by molar-refractivity contribution is -0.124. The fourth-order valence-corrected chi connectivity index (χ4v) is 1.52. The Hall–Kier alpha value is -2.04. The van der Waals surface area contributed by atoms with Gasteiger partial charge in [-0.2, -0.15) is 0 Å². The van der Waals surface area contributed by atoms with E-state index in [0.29, 0.717) is 11.4 Å². The van der Waals surface area contributed by atoms with E-state index in [4.69, 9.17) is 4.74 Å². The van der Waals surface area contributed by atoms with Crippen molar-refractivity contribution in [1.82, 2.24) is 0 Å². The van der Waals surface area contributed by atoms with Gasteiger partial charge in [-0.05, 0) is 51.5 Å². The molecular formula is C17H26N2O3. The molecule has 0 atom stereocenters. The summed E-state index contributed by atoms with van der Waals surface area (Å²) in [6.07, 6.45) is 0.258. The maximum absolute atomic E-state index is 12.1. The molecule has 0 heterocycles. The van der Waals surface area contributed by atoms with Crippen molar-refractivity contribution in [2.24, 2.45) is 5.41 Å². The number of benzene rings is 1. The van der Waals surface area contributed by atoms with Crippen LogP contribution in [-0.2, 0) is 9.53 Å². The van der Waals surface area contributed by atoms with Gasteiger partial charge >= 0.3 is 6.09 Å². The zero-order valence-corrected chi connectivity index (χ0v) is 14.2. The molecule has 1 rings (SSSR count). The third-order valence-corrected chi connectivity index (χ3v) is 3.29. The summed E-state index contributed by atoms with van der Waals surface area (Å²) in [6.45, 7) is 11.2. The monoisotopic (exact) mass is 306 g/mol. The first-order valence-electron chi connectivity index (χ1n) is 7.45. The van der Waals surface area contributed by atoms with Crippen molar-refractivity contribution >= 4 is 23.4 Å². The highest BCUT2D eigenvalue weighted by atomic mass is 16.6. The quantitative estimate of drug-likeness (QED) is 0.866. The zero-order chi connectivity index (χ0) is 17.0. The predicted molar refractivity (Wildman–Crippen MR) is 89.0 cm³/mol. The van der Waals surface area contributed by atoms with Crippen LogP contribution in [0.2, 0.25) is 0 Å². The van der Waals surface area contributed by atoms with E-state index in [1.54, 1.807) is 45.0 Å². The molecule has 0 bridgehead atoms. The van der Waals surface area contributed by atoms with Crippen LogP contribution in [0, 0.1) is 5.41 Å². The van der Waals surface area contributed by atoms with Crippen molar-refractivity contribution in [3.8, 4) is 0 Å². The minimum Gasteiger partial charge on any atom is -0.444 e. The number of nitrogens with one attached hydrogen (secondary N) is 2. The van der Waals surface area contributed by atoms with Crippen LogP contribution in [0.5, 0.6) is 0 Å². The normalized spacial score (nSPS) is 11.7. The highest BCUT2D eigenvalue weighted by Crippen LogP contribution is 2.23. The molecule has 1 aromatic carbocycles. The van der Waals surface area contributed by atoms with Crippen molar-refractivity contribution in [3.05, 3.63) is 24.3 Å². The molecule has 0 aliphatic heterocycles. The minimum atomic E-state index is -0.538. The number of amides is 2. The smallest absolute Gasteiger partial charge is 0.412 e. The topological polar surface area (TPSA) is 67.4 Å². The highest BCUT2D eigenvalue weighted by molar-refractivity contribution is 5.95. The molecule has 0 spiro atoms. The lowest BCUT2D eigenvalue weighted by Crippen LogP contribution is -2.30. The van der Waals surface area contributed by atoms with Crippen LogP contribution >= 0.6 is 0 Å². The minimum absolute atomic E-state index is 0.0251. The van der Waals surface area contributed by atoms with Gasteiger partial charge in [0.15, 0.2) is 0 Å². The molecule has 1 aromatic rings. The summed E-state index contributed by atoms with van der Waals surface area (Å²) in [5, 5.41) is 5.52. The number of ether oxygens (including phenoxy) is 1. The van der Waals surface area contributed by atoms with E-state index in [0.717, 1.165) is 6.42 Å². The van der Waals surface area contributed by atoms with Gasteiger partial charge in [0.1, 0.15) is 5.60 Å². The van der Waals surface area contributed by atoms with E-state index in [1.807, 2.05) is 20.8 Å². The van der Waals surface area contributed by atoms with Crippen LogP contribution in [0.15, 0.2) is 24.3 Å². The van der Waals surface area contributed by atoms with Crippen molar-refractivity contribution in [1.29, 1.82) is 0 Å². The Morgan fingerprint density at radius 2 is 1.41 bits per heavy atom. The van der Waals surface area contributed by atoms with Gasteiger partial charge in [0.25, 0.3) is 0 Å². The summed E-state index contributed by atoms with van der Waals surface area (Å²) in [5.74, 6) is -0.0251. The molecule has 2 N–H and O–H groups in total. The van der Waals surface area contributed by atoms with Crippen molar-refractivity contribution in [3.63, 3.8) is 0 Å². The Morgan fingerprint density at radius 1 is 0.955 bits per heavy atom. The van der Waals surface area contributed by atoms with Crippen LogP contribution in [0.4, 0.5) is 16.2 Å². The van der Waals surface area contributed by atoms with Crippen LogP contribution < -0.4 is 10.6 Å². The molecule has 0 radical (unpaired) electrons. The zero-order valence-electron chi connectivity index (χ0n) is 14.2. The molecule has 5 heteroatoms. The lowest BCUT2D eigenvalue weighted by atomic mass is 9.89. The summed E-state index contributed by atoms with van der Waals surface area (Å²) in [7, 11) is 0. The second kappa shape index (κ2) is 6.81. The van der Waals surface area contributed by atoms with E-state index < -0.39 is 17.1 Å². The molecule has 0 fully saturated rings. The predicted octanol–water partition coefficient (Wildman–Crippen LogP) is 4.41. The van der Waals surface area contributed by atoms with Crippen molar-refractivity contribution in [2.75, 3.05) is 10.6 Å².